The smallest absolute Gasteiger partial charge is 0.665 e. The van der Waals surface area contributed by atoms with Crippen molar-refractivity contribution in [3.8, 4) is 0 Å². The molecule has 0 bridgehead atoms. The molecule has 4 heteroatoms. The first kappa shape index (κ1) is 27.4. The maximum atomic E-state index is 3.74. The van der Waals surface area contributed by atoms with Crippen molar-refractivity contribution in [2.45, 2.75) is 27.7 Å². The number of hydrogen-bond donors (Lipinski definition) is 0. The molecule has 1 aromatic carbocycles. The van der Waals surface area contributed by atoms with Gasteiger partial charge in [0.15, 0.2) is 0 Å². The Balaban J connectivity index is -0.0000000796. The van der Waals surface area contributed by atoms with Crippen LogP contribution in [0.15, 0.2) is 24.3 Å². The maximum Gasteiger partial charge on any atom is 4.00 e. The van der Waals surface area contributed by atoms with Gasteiger partial charge in [-0.2, -0.15) is 58.5 Å². The van der Waals surface area contributed by atoms with Gasteiger partial charge in [0.05, 0.1) is 0 Å². The minimum Gasteiger partial charge on any atom is -0.665 e. The van der Waals surface area contributed by atoms with Gasteiger partial charge in [0.25, 0.3) is 0 Å². The molecule has 0 N–H and O–H groups in total. The van der Waals surface area contributed by atoms with Gasteiger partial charge in [-0.05, 0) is 0 Å². The Kier molecular flexibility index (Phi) is 44.5. The minimum atomic E-state index is 0. The Bertz CT molecular complexity index is 174. The molecule has 0 atom stereocenters. The van der Waals surface area contributed by atoms with Gasteiger partial charge in [-0.1, -0.05) is 27.7 Å². The van der Waals surface area contributed by atoms with Crippen LogP contribution in [0.25, 0.3) is 16.0 Å². The summed E-state index contributed by atoms with van der Waals surface area (Å²) in [4.78, 5) is 0. The van der Waals surface area contributed by atoms with E-state index < -0.39 is 0 Å². The van der Waals surface area contributed by atoms with Gasteiger partial charge < -0.3 is 16.0 Å². The summed E-state index contributed by atoms with van der Waals surface area (Å²) in [5.74, 6) is 0. The summed E-state index contributed by atoms with van der Waals surface area (Å²) < 4.78 is 0. The van der Waals surface area contributed by atoms with Crippen LogP contribution in [0.5, 0.6) is 0 Å². The van der Waals surface area contributed by atoms with Gasteiger partial charge in [0.2, 0.25) is 0 Å². The maximum absolute atomic E-state index is 3.74. The van der Waals surface area contributed by atoms with Crippen LogP contribution in [0.1, 0.15) is 26.3 Å². The predicted octanol–water partition coefficient (Wildman–Crippen LogP) is 4.74. The third kappa shape index (κ3) is 46.0. The van der Waals surface area contributed by atoms with Crippen molar-refractivity contribution in [3.05, 3.63) is 45.8 Å². The third-order valence-corrected chi connectivity index (χ3v) is 1.78. The van der Waals surface area contributed by atoms with Crippen molar-refractivity contribution in [1.82, 2.24) is 0 Å². The molecule has 0 aliphatic carbocycles. The summed E-state index contributed by atoms with van der Waals surface area (Å²) in [7, 11) is 5.42. The summed E-state index contributed by atoms with van der Waals surface area (Å²) in [6.45, 7) is 11.0. The Morgan fingerprint density at radius 3 is 1.00 bits per heavy atom. The van der Waals surface area contributed by atoms with Crippen LogP contribution < -0.4 is 0 Å². The van der Waals surface area contributed by atoms with Crippen molar-refractivity contribution in [1.29, 1.82) is 0 Å². The summed E-state index contributed by atoms with van der Waals surface area (Å²) >= 11 is 0. The summed E-state index contributed by atoms with van der Waals surface area (Å²) in [5, 5.41) is 11.2. The van der Waals surface area contributed by atoms with Gasteiger partial charge >= 0.3 is 25.8 Å². The van der Waals surface area contributed by atoms with Gasteiger partial charge in [-0.15, -0.1) is 0 Å². The molecule has 0 saturated carbocycles. The second-order valence-corrected chi connectivity index (χ2v) is 3.36. The van der Waals surface area contributed by atoms with Gasteiger partial charge in [-0.3, -0.25) is 0 Å². The zero-order chi connectivity index (χ0) is 14.6. The zero-order valence-electron chi connectivity index (χ0n) is 13.8. The van der Waals surface area contributed by atoms with Crippen LogP contribution in [0.4, 0.5) is 0 Å². The first-order chi connectivity index (χ1) is 8.64. The minimum absolute atomic E-state index is 0. The van der Waals surface area contributed by atoms with E-state index in [2.05, 4.69) is 35.0 Å². The van der Waals surface area contributed by atoms with Crippen LogP contribution in [0.3, 0.4) is 0 Å². The number of aryl methyl sites for hydroxylation is 1. The second-order valence-electron chi connectivity index (χ2n) is 3.36. The first-order valence-corrected chi connectivity index (χ1v) is 6.49. The molecule has 0 saturated heterocycles. The first-order valence-electron chi connectivity index (χ1n) is 6.49. The molecule has 0 aliphatic rings. The van der Waals surface area contributed by atoms with E-state index >= 15 is 0 Å². The summed E-state index contributed by atoms with van der Waals surface area (Å²) in [5.41, 5.74) is 1.34. The molecule has 0 aromatic heterocycles. The number of rotatable bonds is 3. The molecule has 0 heterocycles. The van der Waals surface area contributed by atoms with Crippen LogP contribution in [-0.2, 0) is 25.8 Å². The van der Waals surface area contributed by atoms with Crippen molar-refractivity contribution in [3.63, 3.8) is 0 Å². The average Bonchev–Trinajstić information content (AvgIpc) is 2.90. The van der Waals surface area contributed by atoms with E-state index in [0.717, 1.165) is 19.6 Å². The van der Waals surface area contributed by atoms with Crippen LogP contribution >= 0.6 is 0 Å². The molecule has 0 spiro atoms. The van der Waals surface area contributed by atoms with E-state index in [-0.39, 0.29) is 25.8 Å². The number of hydrogen-bond acceptors (Lipinski definition) is 0. The monoisotopic (exact) mass is 433 g/mol. The Labute approximate surface area is 140 Å². The molecule has 110 valence electrons. The van der Waals surface area contributed by atoms with E-state index in [1.165, 1.54) is 5.56 Å². The molecule has 0 fully saturated rings. The van der Waals surface area contributed by atoms with Gasteiger partial charge in [0, 0.05) is 0 Å². The fourth-order valence-corrected chi connectivity index (χ4v) is 0.470. The van der Waals surface area contributed by atoms with E-state index in [4.69, 9.17) is 0 Å². The molecule has 1 rings (SSSR count). The van der Waals surface area contributed by atoms with Crippen molar-refractivity contribution in [2.75, 3.05) is 40.8 Å². The van der Waals surface area contributed by atoms with E-state index in [1.54, 1.807) is 21.1 Å². The van der Waals surface area contributed by atoms with Gasteiger partial charge in [-0.25, -0.2) is 12.1 Å². The Hall–Kier alpha value is 0.100. The molecule has 0 aliphatic heterocycles. The standard InChI is InChI=1S/C6H7.3C3H8N.Hf/c1-6-4-2-3-5-6;3*1-3-4-2;/h2-5H,1H3;3*3H2,1-2H3;/q4*-1;+4. The second kappa shape index (κ2) is 30.8. The van der Waals surface area contributed by atoms with Crippen molar-refractivity contribution < 1.29 is 25.8 Å². The van der Waals surface area contributed by atoms with E-state index in [0.29, 0.717) is 0 Å². The average molecular weight is 432 g/mol. The fourth-order valence-electron chi connectivity index (χ4n) is 0.470. The summed E-state index contributed by atoms with van der Waals surface area (Å²) in [6, 6.07) is 8.24. The molecular weight excluding hydrogens is 401 g/mol. The topological polar surface area (TPSA) is 42.3 Å². The zero-order valence-corrected chi connectivity index (χ0v) is 17.4. The van der Waals surface area contributed by atoms with Gasteiger partial charge in [0.1, 0.15) is 0 Å². The third-order valence-electron chi connectivity index (χ3n) is 1.78. The fraction of sp³-hybridized carbons (Fsp3) is 0.667. The molecule has 19 heavy (non-hydrogen) atoms. The van der Waals surface area contributed by atoms with Crippen LogP contribution in [-0.4, -0.2) is 40.8 Å². The molecule has 1 aromatic rings. The molecular formula is C15H31HfN3. The van der Waals surface area contributed by atoms with Crippen molar-refractivity contribution >= 4 is 0 Å². The molecule has 0 amide bonds. The quantitative estimate of drug-likeness (QED) is 0.490. The van der Waals surface area contributed by atoms with Crippen LogP contribution in [0.2, 0.25) is 0 Å². The molecule has 3 nitrogen and oxygen atoms in total. The molecule has 0 unspecified atom stereocenters. The normalized spacial score (nSPS) is 7.53. The Morgan fingerprint density at radius 1 is 0.737 bits per heavy atom. The van der Waals surface area contributed by atoms with Crippen molar-refractivity contribution in [2.24, 2.45) is 0 Å². The van der Waals surface area contributed by atoms with E-state index in [9.17, 15) is 0 Å². The predicted molar refractivity (Wildman–Crippen MR) is 86.2 cm³/mol. The largest absolute Gasteiger partial charge is 4.00 e. The molecule has 0 radical (unpaired) electrons. The SMILES string of the molecule is CC[N-]C.CC[N-]C.CC[N-]C.C[c-]1cccc1.[Hf+4]. The summed E-state index contributed by atoms with van der Waals surface area (Å²) in [6.07, 6.45) is 0. The van der Waals surface area contributed by atoms with E-state index in [1.807, 2.05) is 32.9 Å². The van der Waals surface area contributed by atoms with Crippen LogP contribution in [0, 0.1) is 6.92 Å². The number of nitrogens with zero attached hydrogens (tertiary/aromatic N) is 3. The Morgan fingerprint density at radius 2 is 0.947 bits per heavy atom.